The molecule has 1 fully saturated rings. The Morgan fingerprint density at radius 3 is 2.60 bits per heavy atom. The summed E-state index contributed by atoms with van der Waals surface area (Å²) in [5.41, 5.74) is 2.11. The van der Waals surface area contributed by atoms with E-state index in [1.807, 2.05) is 29.2 Å². The minimum atomic E-state index is -1.33. The number of anilines is 1. The summed E-state index contributed by atoms with van der Waals surface area (Å²) in [5, 5.41) is 39.0. The fourth-order valence-electron chi connectivity index (χ4n) is 2.97. The predicted octanol–water partition coefficient (Wildman–Crippen LogP) is -1.15. The molecule has 1 aromatic carbocycles. The highest BCUT2D eigenvalue weighted by molar-refractivity contribution is 5.58. The molecule has 2 unspecified atom stereocenters. The Morgan fingerprint density at radius 1 is 1.10 bits per heavy atom. The molecule has 0 saturated carbocycles. The average molecular weight is 281 g/mol. The highest BCUT2D eigenvalue weighted by Crippen LogP contribution is 2.33. The van der Waals surface area contributed by atoms with Crippen LogP contribution in [-0.2, 0) is 11.2 Å². The highest BCUT2D eigenvalue weighted by Gasteiger charge is 2.46. The van der Waals surface area contributed by atoms with Crippen LogP contribution in [0, 0.1) is 0 Å². The van der Waals surface area contributed by atoms with E-state index in [0.29, 0.717) is 6.54 Å². The molecule has 0 bridgehead atoms. The highest BCUT2D eigenvalue weighted by atomic mass is 16.6. The number of aliphatic hydroxyl groups is 4. The molecule has 0 amide bonds. The van der Waals surface area contributed by atoms with Crippen LogP contribution in [0.15, 0.2) is 24.3 Å². The molecule has 20 heavy (non-hydrogen) atoms. The van der Waals surface area contributed by atoms with Crippen molar-refractivity contribution in [2.24, 2.45) is 0 Å². The van der Waals surface area contributed by atoms with Crippen LogP contribution >= 0.6 is 0 Å². The minimum absolute atomic E-state index is 0.406. The number of hydrogen-bond donors (Lipinski definition) is 4. The Morgan fingerprint density at radius 2 is 1.85 bits per heavy atom. The molecule has 1 aromatic rings. The maximum Gasteiger partial charge on any atom is 0.159 e. The van der Waals surface area contributed by atoms with E-state index in [1.165, 1.54) is 0 Å². The first-order valence-corrected chi connectivity index (χ1v) is 6.78. The number of rotatable bonds is 2. The zero-order chi connectivity index (χ0) is 14.3. The zero-order valence-electron chi connectivity index (χ0n) is 11.0. The van der Waals surface area contributed by atoms with Crippen LogP contribution in [0.1, 0.15) is 5.56 Å². The van der Waals surface area contributed by atoms with Crippen LogP contribution in [0.3, 0.4) is 0 Å². The number of fused-ring (bicyclic) bond motifs is 1. The number of aliphatic hydroxyl groups excluding tert-OH is 4. The molecule has 3 rings (SSSR count). The predicted molar refractivity (Wildman–Crippen MR) is 71.3 cm³/mol. The normalized spacial score (nSPS) is 37.0. The summed E-state index contributed by atoms with van der Waals surface area (Å²) >= 11 is 0. The molecule has 2 aliphatic heterocycles. The van der Waals surface area contributed by atoms with Gasteiger partial charge in [0, 0.05) is 12.2 Å². The lowest BCUT2D eigenvalue weighted by Crippen LogP contribution is -2.63. The second kappa shape index (κ2) is 5.31. The van der Waals surface area contributed by atoms with Crippen LogP contribution in [0.5, 0.6) is 0 Å². The third kappa shape index (κ3) is 2.10. The van der Waals surface area contributed by atoms with Crippen molar-refractivity contribution in [3.05, 3.63) is 29.8 Å². The lowest BCUT2D eigenvalue weighted by atomic mass is 9.97. The van der Waals surface area contributed by atoms with E-state index < -0.39 is 37.3 Å². The van der Waals surface area contributed by atoms with Gasteiger partial charge in [-0.3, -0.25) is 0 Å². The largest absolute Gasteiger partial charge is 0.394 e. The fraction of sp³-hybridized carbons (Fsp3) is 0.571. The van der Waals surface area contributed by atoms with E-state index in [0.717, 1.165) is 17.7 Å². The molecule has 6 heteroatoms. The van der Waals surface area contributed by atoms with Crippen molar-refractivity contribution in [2.45, 2.75) is 37.1 Å². The van der Waals surface area contributed by atoms with E-state index in [2.05, 4.69) is 0 Å². The van der Waals surface area contributed by atoms with E-state index in [9.17, 15) is 20.4 Å². The van der Waals surface area contributed by atoms with Crippen molar-refractivity contribution in [1.29, 1.82) is 0 Å². The first-order valence-electron chi connectivity index (χ1n) is 6.78. The van der Waals surface area contributed by atoms with Crippen LogP contribution in [0.4, 0.5) is 5.69 Å². The van der Waals surface area contributed by atoms with Crippen LogP contribution < -0.4 is 4.90 Å². The third-order valence-electron chi connectivity index (χ3n) is 4.10. The topological polar surface area (TPSA) is 93.4 Å². The van der Waals surface area contributed by atoms with Crippen LogP contribution in [0.25, 0.3) is 0 Å². The van der Waals surface area contributed by atoms with E-state index in [1.54, 1.807) is 0 Å². The minimum Gasteiger partial charge on any atom is -0.394 e. The van der Waals surface area contributed by atoms with Crippen molar-refractivity contribution < 1.29 is 25.2 Å². The van der Waals surface area contributed by atoms with Crippen LogP contribution in [0.2, 0.25) is 0 Å². The third-order valence-corrected chi connectivity index (χ3v) is 4.10. The molecule has 2 aliphatic rings. The lowest BCUT2D eigenvalue weighted by Gasteiger charge is -2.44. The number of benzene rings is 1. The number of nitrogens with zero attached hydrogens (tertiary/aromatic N) is 1. The first-order chi connectivity index (χ1) is 9.63. The maximum absolute atomic E-state index is 10.1. The Hall–Kier alpha value is -1.18. The second-order valence-corrected chi connectivity index (χ2v) is 5.29. The standard InChI is InChI=1S/C14H19NO5/c16-7-10-11(17)12(18)13(19)14(20-10)15-6-5-8-3-1-2-4-9(8)15/h1-4,10-14,16-19H,5-7H2/t10?,11-,12+,13?,14-/m1/s1. The average Bonchev–Trinajstić information content (AvgIpc) is 2.89. The monoisotopic (exact) mass is 281 g/mol. The molecule has 0 spiro atoms. The number of hydrogen-bond acceptors (Lipinski definition) is 6. The molecular weight excluding hydrogens is 262 g/mol. The fourth-order valence-corrected chi connectivity index (χ4v) is 2.97. The van der Waals surface area contributed by atoms with Gasteiger partial charge in [0.2, 0.25) is 0 Å². The van der Waals surface area contributed by atoms with Gasteiger partial charge in [-0.25, -0.2) is 0 Å². The summed E-state index contributed by atoms with van der Waals surface area (Å²) in [5.74, 6) is 0. The summed E-state index contributed by atoms with van der Waals surface area (Å²) < 4.78 is 5.59. The Labute approximate surface area is 116 Å². The van der Waals surface area contributed by atoms with E-state index in [-0.39, 0.29) is 0 Å². The number of ether oxygens (including phenoxy) is 1. The summed E-state index contributed by atoms with van der Waals surface area (Å²) in [6.07, 6.45) is -4.67. The molecular formula is C14H19NO5. The van der Waals surface area contributed by atoms with Gasteiger partial charge in [-0.05, 0) is 18.1 Å². The smallest absolute Gasteiger partial charge is 0.159 e. The Bertz CT molecular complexity index is 480. The first kappa shape index (κ1) is 13.8. The molecule has 5 atom stereocenters. The van der Waals surface area contributed by atoms with Crippen molar-refractivity contribution in [2.75, 3.05) is 18.1 Å². The van der Waals surface area contributed by atoms with Gasteiger partial charge in [-0.1, -0.05) is 18.2 Å². The summed E-state index contributed by atoms with van der Waals surface area (Å²) in [7, 11) is 0. The van der Waals surface area contributed by atoms with Gasteiger partial charge in [0.25, 0.3) is 0 Å². The van der Waals surface area contributed by atoms with Gasteiger partial charge < -0.3 is 30.1 Å². The Balaban J connectivity index is 1.87. The number of para-hydroxylation sites is 1. The van der Waals surface area contributed by atoms with Crippen molar-refractivity contribution in [1.82, 2.24) is 0 Å². The molecule has 1 saturated heterocycles. The maximum atomic E-state index is 10.1. The lowest BCUT2D eigenvalue weighted by molar-refractivity contribution is -0.228. The van der Waals surface area contributed by atoms with E-state index in [4.69, 9.17) is 4.74 Å². The van der Waals surface area contributed by atoms with E-state index >= 15 is 0 Å². The van der Waals surface area contributed by atoms with Gasteiger partial charge >= 0.3 is 0 Å². The summed E-state index contributed by atoms with van der Waals surface area (Å²) in [4.78, 5) is 1.87. The molecule has 110 valence electrons. The molecule has 6 nitrogen and oxygen atoms in total. The molecule has 0 aliphatic carbocycles. The summed E-state index contributed by atoms with van der Waals surface area (Å²) in [6, 6.07) is 7.81. The van der Waals surface area contributed by atoms with Gasteiger partial charge in [-0.2, -0.15) is 0 Å². The second-order valence-electron chi connectivity index (χ2n) is 5.29. The Kier molecular flexibility index (Phi) is 3.66. The SMILES string of the molecule is OCC1O[C@@H](N2CCc3ccccc32)C(O)[C@@H](O)[C@@H]1O. The van der Waals surface area contributed by atoms with Crippen LogP contribution in [-0.4, -0.2) is 64.2 Å². The molecule has 0 radical (unpaired) electrons. The quantitative estimate of drug-likeness (QED) is 0.547. The van der Waals surface area contributed by atoms with Gasteiger partial charge in [0.05, 0.1) is 6.61 Å². The molecule has 2 heterocycles. The van der Waals surface area contributed by atoms with Crippen molar-refractivity contribution >= 4 is 5.69 Å². The van der Waals surface area contributed by atoms with Crippen molar-refractivity contribution in [3.63, 3.8) is 0 Å². The summed E-state index contributed by atoms with van der Waals surface area (Å²) in [6.45, 7) is 0.263. The van der Waals surface area contributed by atoms with Gasteiger partial charge in [-0.15, -0.1) is 0 Å². The van der Waals surface area contributed by atoms with Gasteiger partial charge in [0.1, 0.15) is 24.4 Å². The molecule has 0 aromatic heterocycles. The van der Waals surface area contributed by atoms with Crippen molar-refractivity contribution in [3.8, 4) is 0 Å². The van der Waals surface area contributed by atoms with Gasteiger partial charge in [0.15, 0.2) is 6.23 Å². The zero-order valence-corrected chi connectivity index (χ0v) is 11.0. The molecule has 4 N–H and O–H groups in total.